The third-order valence-electron chi connectivity index (χ3n) is 5.31. The molecule has 0 heterocycles. The summed E-state index contributed by atoms with van der Waals surface area (Å²) in [5.41, 5.74) is 1.57. The summed E-state index contributed by atoms with van der Waals surface area (Å²) in [5.74, 6) is -0.691. The number of halogens is 2. The fourth-order valence-corrected chi connectivity index (χ4v) is 4.75. The Morgan fingerprint density at radius 3 is 2.12 bits per heavy atom. The number of amides is 2. The van der Waals surface area contributed by atoms with Gasteiger partial charge in [-0.1, -0.05) is 61.3 Å². The van der Waals surface area contributed by atoms with Crippen LogP contribution in [0.2, 0.25) is 10.0 Å². The van der Waals surface area contributed by atoms with E-state index in [9.17, 15) is 18.0 Å². The van der Waals surface area contributed by atoms with Crippen molar-refractivity contribution in [3.8, 4) is 0 Å². The Kier molecular flexibility index (Phi) is 9.79. The lowest BCUT2D eigenvalue weighted by Crippen LogP contribution is -2.51. The molecule has 1 N–H and O–H groups in total. The average molecular weight is 529 g/mol. The van der Waals surface area contributed by atoms with Crippen LogP contribution in [0.25, 0.3) is 0 Å². The van der Waals surface area contributed by atoms with Crippen LogP contribution in [0, 0.1) is 12.8 Å². The molecule has 1 atom stereocenters. The molecule has 0 aromatic heterocycles. The molecule has 0 spiro atoms. The topological polar surface area (TPSA) is 86.8 Å². The van der Waals surface area contributed by atoms with Gasteiger partial charge in [0.1, 0.15) is 12.6 Å². The van der Waals surface area contributed by atoms with Gasteiger partial charge >= 0.3 is 0 Å². The zero-order chi connectivity index (χ0) is 25.6. The van der Waals surface area contributed by atoms with Crippen molar-refractivity contribution in [3.05, 3.63) is 63.6 Å². The molecular formula is C24H31Cl2N3O4S. The first-order valence-corrected chi connectivity index (χ1v) is 13.5. The van der Waals surface area contributed by atoms with Gasteiger partial charge in [-0.3, -0.25) is 13.9 Å². The molecule has 2 amide bonds. The molecule has 34 heavy (non-hydrogen) atoms. The van der Waals surface area contributed by atoms with Gasteiger partial charge in [-0.25, -0.2) is 8.42 Å². The summed E-state index contributed by atoms with van der Waals surface area (Å²) in [6.07, 6.45) is 1.04. The first-order valence-electron chi connectivity index (χ1n) is 10.9. The van der Waals surface area contributed by atoms with Gasteiger partial charge in [0.15, 0.2) is 0 Å². The van der Waals surface area contributed by atoms with Crippen molar-refractivity contribution in [2.45, 2.75) is 40.3 Å². The highest BCUT2D eigenvalue weighted by molar-refractivity contribution is 7.92. The van der Waals surface area contributed by atoms with Gasteiger partial charge in [-0.15, -0.1) is 0 Å². The average Bonchev–Trinajstić information content (AvgIpc) is 2.75. The van der Waals surface area contributed by atoms with E-state index in [1.54, 1.807) is 56.3 Å². The van der Waals surface area contributed by atoms with E-state index in [0.29, 0.717) is 33.4 Å². The first-order chi connectivity index (χ1) is 15.8. The van der Waals surface area contributed by atoms with Crippen molar-refractivity contribution in [2.75, 3.05) is 23.7 Å². The van der Waals surface area contributed by atoms with Crippen molar-refractivity contribution in [1.82, 2.24) is 10.2 Å². The molecule has 2 aromatic rings. The molecule has 0 aliphatic heterocycles. The Morgan fingerprint density at radius 1 is 1.00 bits per heavy atom. The van der Waals surface area contributed by atoms with Crippen LogP contribution < -0.4 is 9.62 Å². The molecule has 0 aliphatic carbocycles. The largest absolute Gasteiger partial charge is 0.354 e. The number of carbonyl (C=O) groups is 2. The van der Waals surface area contributed by atoms with E-state index >= 15 is 0 Å². The number of benzene rings is 2. The summed E-state index contributed by atoms with van der Waals surface area (Å²) in [7, 11) is -3.79. The van der Waals surface area contributed by atoms with Crippen molar-refractivity contribution >= 4 is 50.7 Å². The third kappa shape index (κ3) is 7.35. The lowest BCUT2D eigenvalue weighted by molar-refractivity contribution is -0.139. The number of para-hydroxylation sites is 1. The fourth-order valence-electron chi connectivity index (χ4n) is 3.33. The van der Waals surface area contributed by atoms with E-state index in [1.165, 1.54) is 4.90 Å². The Morgan fingerprint density at radius 2 is 1.59 bits per heavy atom. The van der Waals surface area contributed by atoms with Gasteiger partial charge in [0.2, 0.25) is 21.8 Å². The SMILES string of the molecule is Cc1ccccc1N(CC(=O)N(Cc1c(Cl)cccc1Cl)[C@@H](C)C(=O)NCC(C)C)S(C)(=O)=O. The minimum atomic E-state index is -3.79. The molecule has 7 nitrogen and oxygen atoms in total. The van der Waals surface area contributed by atoms with E-state index in [0.717, 1.165) is 10.6 Å². The van der Waals surface area contributed by atoms with Crippen molar-refractivity contribution < 1.29 is 18.0 Å². The first kappa shape index (κ1) is 28.0. The molecule has 2 aromatic carbocycles. The number of hydrogen-bond donors (Lipinski definition) is 1. The van der Waals surface area contributed by atoms with E-state index in [1.807, 2.05) is 13.8 Å². The van der Waals surface area contributed by atoms with Gasteiger partial charge in [-0.2, -0.15) is 0 Å². The van der Waals surface area contributed by atoms with Crippen LogP contribution in [0.1, 0.15) is 31.9 Å². The van der Waals surface area contributed by atoms with Gasteiger partial charge in [0, 0.05) is 28.7 Å². The third-order valence-corrected chi connectivity index (χ3v) is 7.14. The van der Waals surface area contributed by atoms with Gasteiger partial charge in [0.25, 0.3) is 0 Å². The summed E-state index contributed by atoms with van der Waals surface area (Å²) < 4.78 is 26.3. The maximum Gasteiger partial charge on any atom is 0.244 e. The molecule has 0 unspecified atom stereocenters. The van der Waals surface area contributed by atoms with E-state index < -0.39 is 28.5 Å². The molecule has 0 saturated heterocycles. The van der Waals surface area contributed by atoms with Gasteiger partial charge in [-0.05, 0) is 43.5 Å². The second kappa shape index (κ2) is 11.9. The van der Waals surface area contributed by atoms with Crippen LogP contribution in [0.5, 0.6) is 0 Å². The highest BCUT2D eigenvalue weighted by atomic mass is 35.5. The predicted octanol–water partition coefficient (Wildman–Crippen LogP) is 4.26. The Balaban J connectivity index is 2.44. The van der Waals surface area contributed by atoms with Crippen molar-refractivity contribution in [1.29, 1.82) is 0 Å². The molecule has 0 saturated carbocycles. The number of nitrogens with zero attached hydrogens (tertiary/aromatic N) is 2. The van der Waals surface area contributed by atoms with Crippen LogP contribution in [-0.2, 0) is 26.2 Å². The maximum atomic E-state index is 13.5. The number of anilines is 1. The number of nitrogens with one attached hydrogen (secondary N) is 1. The highest BCUT2D eigenvalue weighted by Crippen LogP contribution is 2.27. The summed E-state index contributed by atoms with van der Waals surface area (Å²) >= 11 is 12.7. The Hall–Kier alpha value is -2.29. The Bertz CT molecular complexity index is 1120. The lowest BCUT2D eigenvalue weighted by Gasteiger charge is -2.32. The smallest absolute Gasteiger partial charge is 0.244 e. The number of carbonyl (C=O) groups excluding carboxylic acids is 2. The normalized spacial score (nSPS) is 12.4. The summed E-state index contributed by atoms with van der Waals surface area (Å²) in [6, 6.07) is 11.0. The van der Waals surface area contributed by atoms with Crippen LogP contribution in [0.3, 0.4) is 0 Å². The number of aryl methyl sites for hydroxylation is 1. The summed E-state index contributed by atoms with van der Waals surface area (Å²) in [4.78, 5) is 27.7. The zero-order valence-electron chi connectivity index (χ0n) is 20.0. The summed E-state index contributed by atoms with van der Waals surface area (Å²) in [5, 5.41) is 3.52. The maximum absolute atomic E-state index is 13.5. The minimum Gasteiger partial charge on any atom is -0.354 e. The molecule has 0 radical (unpaired) electrons. The second-order valence-corrected chi connectivity index (χ2v) is 11.3. The molecule has 0 bridgehead atoms. The van der Waals surface area contributed by atoms with Crippen LogP contribution >= 0.6 is 23.2 Å². The van der Waals surface area contributed by atoms with Crippen LogP contribution in [-0.4, -0.2) is 50.5 Å². The van der Waals surface area contributed by atoms with E-state index in [2.05, 4.69) is 5.32 Å². The number of hydrogen-bond acceptors (Lipinski definition) is 4. The van der Waals surface area contributed by atoms with Crippen LogP contribution in [0.15, 0.2) is 42.5 Å². The Labute approximate surface area is 212 Å². The predicted molar refractivity (Wildman–Crippen MR) is 138 cm³/mol. The monoisotopic (exact) mass is 527 g/mol. The van der Waals surface area contributed by atoms with Gasteiger partial charge < -0.3 is 10.2 Å². The molecule has 2 rings (SSSR count). The molecular weight excluding hydrogens is 497 g/mol. The lowest BCUT2D eigenvalue weighted by atomic mass is 10.1. The highest BCUT2D eigenvalue weighted by Gasteiger charge is 2.31. The minimum absolute atomic E-state index is 0.0566. The number of rotatable bonds is 10. The quantitative estimate of drug-likeness (QED) is 0.500. The number of sulfonamides is 1. The van der Waals surface area contributed by atoms with Crippen LogP contribution in [0.4, 0.5) is 5.69 Å². The molecule has 10 heteroatoms. The second-order valence-electron chi connectivity index (χ2n) is 8.59. The van der Waals surface area contributed by atoms with Crippen molar-refractivity contribution in [2.24, 2.45) is 5.92 Å². The molecule has 0 aliphatic rings. The molecule has 0 fully saturated rings. The standard InChI is InChI=1S/C24H31Cl2N3O4S/c1-16(2)13-27-24(31)18(4)28(14-19-20(25)10-8-11-21(19)26)23(30)15-29(34(5,32)33)22-12-7-6-9-17(22)3/h6-12,16,18H,13-15H2,1-5H3,(H,27,31)/t18-/m0/s1. The fraction of sp³-hybridized carbons (Fsp3) is 0.417. The van der Waals surface area contributed by atoms with Gasteiger partial charge in [0.05, 0.1) is 11.9 Å². The summed E-state index contributed by atoms with van der Waals surface area (Å²) in [6.45, 7) is 7.19. The molecule has 186 valence electrons. The van der Waals surface area contributed by atoms with Crippen molar-refractivity contribution in [3.63, 3.8) is 0 Å². The van der Waals surface area contributed by atoms with E-state index in [4.69, 9.17) is 23.2 Å². The van der Waals surface area contributed by atoms with E-state index in [-0.39, 0.29) is 18.4 Å². The zero-order valence-corrected chi connectivity index (χ0v) is 22.3.